The standard InChI is InChI=1S/C21H19N5O6/c22-21-25-17-14(19(30)26-21)9-12(10-23-17)2-1-11-3-5-13(6-4-11)18(29)24-15(20(31)32)7-8-16(27)28/h1-6,9-10,15H,7-8H2,(H,24,29)(H,27,28)(H,31,32)(H3,22,23,25,26,30)/t15-/m0/s1. The Morgan fingerprint density at radius 1 is 1.06 bits per heavy atom. The van der Waals surface area contributed by atoms with Crippen LogP contribution >= 0.6 is 0 Å². The maximum absolute atomic E-state index is 12.3. The molecule has 3 aromatic rings. The van der Waals surface area contributed by atoms with Gasteiger partial charge in [-0.1, -0.05) is 24.3 Å². The van der Waals surface area contributed by atoms with E-state index >= 15 is 0 Å². The molecule has 2 aromatic heterocycles. The van der Waals surface area contributed by atoms with Crippen LogP contribution in [0, 0.1) is 0 Å². The van der Waals surface area contributed by atoms with Crippen LogP contribution in [0.2, 0.25) is 0 Å². The van der Waals surface area contributed by atoms with Gasteiger partial charge in [0.1, 0.15) is 6.04 Å². The number of hydrogen-bond acceptors (Lipinski definition) is 8. The SMILES string of the molecule is Nc1nc(O)c2cc(C=Cc3ccc(C(=O)N[C@@H](CCC(=O)O)C(=O)O)cc3)cnc2n1. The summed E-state index contributed by atoms with van der Waals surface area (Å²) in [7, 11) is 0. The molecule has 0 aliphatic rings. The van der Waals surface area contributed by atoms with Crippen LogP contribution in [0.15, 0.2) is 36.5 Å². The number of rotatable bonds is 8. The fraction of sp³-hybridized carbons (Fsp3) is 0.143. The van der Waals surface area contributed by atoms with E-state index in [0.29, 0.717) is 10.9 Å². The van der Waals surface area contributed by atoms with E-state index in [9.17, 15) is 19.5 Å². The molecule has 0 unspecified atom stereocenters. The molecule has 1 amide bonds. The van der Waals surface area contributed by atoms with Crippen LogP contribution in [-0.4, -0.2) is 54.2 Å². The molecule has 6 N–H and O–H groups in total. The van der Waals surface area contributed by atoms with Crippen LogP contribution in [0.4, 0.5) is 5.95 Å². The number of anilines is 1. The minimum absolute atomic E-state index is 0.0773. The molecule has 0 saturated heterocycles. The summed E-state index contributed by atoms with van der Waals surface area (Å²) in [6.45, 7) is 0. The molecule has 0 aliphatic carbocycles. The van der Waals surface area contributed by atoms with Gasteiger partial charge in [-0.05, 0) is 35.7 Å². The third-order valence-corrected chi connectivity index (χ3v) is 4.46. The lowest BCUT2D eigenvalue weighted by Crippen LogP contribution is -2.41. The highest BCUT2D eigenvalue weighted by molar-refractivity contribution is 5.97. The molecule has 1 atom stereocenters. The molecule has 0 aliphatic heterocycles. The number of carbonyl (C=O) groups is 3. The zero-order chi connectivity index (χ0) is 23.3. The summed E-state index contributed by atoms with van der Waals surface area (Å²) in [5, 5.41) is 30.4. The van der Waals surface area contributed by atoms with Gasteiger partial charge < -0.3 is 26.4 Å². The number of carboxylic acids is 2. The number of nitrogen functional groups attached to an aromatic ring is 1. The first kappa shape index (κ1) is 22.2. The van der Waals surface area contributed by atoms with Crippen LogP contribution in [0.5, 0.6) is 5.88 Å². The Balaban J connectivity index is 1.69. The number of aromatic nitrogens is 3. The molecule has 164 valence electrons. The molecule has 1 aromatic carbocycles. The maximum Gasteiger partial charge on any atom is 0.326 e. The molecule has 0 radical (unpaired) electrons. The number of fused-ring (bicyclic) bond motifs is 1. The number of amides is 1. The molecule has 0 fully saturated rings. The molecule has 11 heteroatoms. The highest BCUT2D eigenvalue weighted by Crippen LogP contribution is 2.22. The number of aliphatic carboxylic acids is 2. The van der Waals surface area contributed by atoms with Crippen molar-refractivity contribution < 1.29 is 29.7 Å². The van der Waals surface area contributed by atoms with E-state index in [2.05, 4.69) is 20.3 Å². The summed E-state index contributed by atoms with van der Waals surface area (Å²) in [6.07, 6.45) is 4.46. The first-order chi connectivity index (χ1) is 15.2. The zero-order valence-corrected chi connectivity index (χ0v) is 16.6. The highest BCUT2D eigenvalue weighted by Gasteiger charge is 2.21. The summed E-state index contributed by atoms with van der Waals surface area (Å²) >= 11 is 0. The number of hydrogen-bond donors (Lipinski definition) is 5. The number of carboxylic acid groups (broad SMARTS) is 2. The van der Waals surface area contributed by atoms with E-state index in [1.165, 1.54) is 12.1 Å². The number of nitrogens with zero attached hydrogens (tertiary/aromatic N) is 3. The summed E-state index contributed by atoms with van der Waals surface area (Å²) in [5.41, 5.74) is 7.41. The highest BCUT2D eigenvalue weighted by atomic mass is 16.4. The lowest BCUT2D eigenvalue weighted by molar-refractivity contribution is -0.140. The molecular formula is C21H19N5O6. The number of nitrogens with one attached hydrogen (secondary N) is 1. The third kappa shape index (κ3) is 5.53. The Kier molecular flexibility index (Phi) is 6.59. The lowest BCUT2D eigenvalue weighted by Gasteiger charge is -2.13. The van der Waals surface area contributed by atoms with E-state index < -0.39 is 23.9 Å². The van der Waals surface area contributed by atoms with Gasteiger partial charge in [0.15, 0.2) is 5.65 Å². The Bertz CT molecular complexity index is 1210. The number of carbonyl (C=O) groups excluding carboxylic acids is 1. The number of aromatic hydroxyl groups is 1. The fourth-order valence-corrected chi connectivity index (χ4v) is 2.83. The van der Waals surface area contributed by atoms with Crippen molar-refractivity contribution in [1.29, 1.82) is 0 Å². The summed E-state index contributed by atoms with van der Waals surface area (Å²) in [5.74, 6) is -3.41. The van der Waals surface area contributed by atoms with Gasteiger partial charge in [0.05, 0.1) is 5.39 Å². The van der Waals surface area contributed by atoms with Crippen molar-refractivity contribution in [3.05, 3.63) is 53.2 Å². The molecule has 2 heterocycles. The van der Waals surface area contributed by atoms with Crippen molar-refractivity contribution >= 4 is 47.0 Å². The van der Waals surface area contributed by atoms with Gasteiger partial charge in [0, 0.05) is 18.2 Å². The molecular weight excluding hydrogens is 418 g/mol. The zero-order valence-electron chi connectivity index (χ0n) is 16.6. The monoisotopic (exact) mass is 437 g/mol. The predicted molar refractivity (Wildman–Crippen MR) is 115 cm³/mol. The Hall–Kier alpha value is -4.54. The quantitative estimate of drug-likeness (QED) is 0.345. The first-order valence-corrected chi connectivity index (χ1v) is 9.39. The van der Waals surface area contributed by atoms with Crippen molar-refractivity contribution in [2.24, 2.45) is 0 Å². The first-order valence-electron chi connectivity index (χ1n) is 9.39. The minimum Gasteiger partial charge on any atom is -0.493 e. The Labute approximate surface area is 181 Å². The molecule has 0 bridgehead atoms. The van der Waals surface area contributed by atoms with Gasteiger partial charge in [-0.2, -0.15) is 9.97 Å². The molecule has 0 spiro atoms. The topological polar surface area (TPSA) is 189 Å². The van der Waals surface area contributed by atoms with Crippen LogP contribution in [0.25, 0.3) is 23.2 Å². The van der Waals surface area contributed by atoms with Crippen molar-refractivity contribution in [2.75, 3.05) is 5.73 Å². The smallest absolute Gasteiger partial charge is 0.326 e. The van der Waals surface area contributed by atoms with E-state index in [4.69, 9.17) is 15.9 Å². The van der Waals surface area contributed by atoms with Gasteiger partial charge in [0.2, 0.25) is 11.8 Å². The molecule has 0 saturated carbocycles. The molecule has 3 rings (SSSR count). The van der Waals surface area contributed by atoms with Crippen LogP contribution in [0.3, 0.4) is 0 Å². The van der Waals surface area contributed by atoms with Crippen molar-refractivity contribution in [2.45, 2.75) is 18.9 Å². The van der Waals surface area contributed by atoms with Crippen LogP contribution in [-0.2, 0) is 9.59 Å². The van der Waals surface area contributed by atoms with E-state index in [1.807, 2.05) is 0 Å². The average Bonchev–Trinajstić information content (AvgIpc) is 2.75. The second-order valence-electron chi connectivity index (χ2n) is 6.80. The van der Waals surface area contributed by atoms with E-state index in [0.717, 1.165) is 5.56 Å². The number of benzene rings is 1. The predicted octanol–water partition coefficient (Wildman–Crippen LogP) is 1.53. The third-order valence-electron chi connectivity index (χ3n) is 4.46. The van der Waals surface area contributed by atoms with Gasteiger partial charge in [-0.15, -0.1) is 0 Å². The number of nitrogens with two attached hydrogens (primary N) is 1. The van der Waals surface area contributed by atoms with Crippen molar-refractivity contribution in [1.82, 2.24) is 20.3 Å². The van der Waals surface area contributed by atoms with Crippen molar-refractivity contribution in [3.8, 4) is 5.88 Å². The van der Waals surface area contributed by atoms with Gasteiger partial charge >= 0.3 is 11.9 Å². The van der Waals surface area contributed by atoms with Gasteiger partial charge in [0.25, 0.3) is 5.91 Å². The average molecular weight is 437 g/mol. The van der Waals surface area contributed by atoms with E-state index in [1.54, 1.807) is 36.5 Å². The van der Waals surface area contributed by atoms with Gasteiger partial charge in [-0.3, -0.25) is 9.59 Å². The Morgan fingerprint density at radius 2 is 1.75 bits per heavy atom. The largest absolute Gasteiger partial charge is 0.493 e. The summed E-state index contributed by atoms with van der Waals surface area (Å²) in [6, 6.07) is 6.72. The molecule has 32 heavy (non-hydrogen) atoms. The van der Waals surface area contributed by atoms with Crippen molar-refractivity contribution in [3.63, 3.8) is 0 Å². The van der Waals surface area contributed by atoms with E-state index in [-0.39, 0.29) is 35.9 Å². The maximum atomic E-state index is 12.3. The minimum atomic E-state index is -1.30. The molecule has 11 nitrogen and oxygen atoms in total. The fourth-order valence-electron chi connectivity index (χ4n) is 2.83. The Morgan fingerprint density at radius 3 is 2.41 bits per heavy atom. The van der Waals surface area contributed by atoms with Crippen LogP contribution < -0.4 is 11.1 Å². The lowest BCUT2D eigenvalue weighted by atomic mass is 10.1. The number of pyridine rings is 1. The summed E-state index contributed by atoms with van der Waals surface area (Å²) < 4.78 is 0. The summed E-state index contributed by atoms with van der Waals surface area (Å²) in [4.78, 5) is 45.9. The van der Waals surface area contributed by atoms with Gasteiger partial charge in [-0.25, -0.2) is 9.78 Å². The second kappa shape index (κ2) is 9.51. The second-order valence-corrected chi connectivity index (χ2v) is 6.80. The normalized spacial score (nSPS) is 12.0. The van der Waals surface area contributed by atoms with Crippen LogP contribution in [0.1, 0.15) is 34.3 Å².